The number of pyridine rings is 1. The van der Waals surface area contributed by atoms with Crippen LogP contribution < -0.4 is 20.4 Å². The molecule has 46 heavy (non-hydrogen) atoms. The first kappa shape index (κ1) is 33.4. The van der Waals surface area contributed by atoms with Crippen molar-refractivity contribution in [3.05, 3.63) is 39.3 Å². The number of methoxy groups -OCH3 is 1. The zero-order valence-electron chi connectivity index (χ0n) is 26.1. The molecule has 10 nitrogen and oxygen atoms in total. The zero-order valence-corrected chi connectivity index (χ0v) is 29.2. The summed E-state index contributed by atoms with van der Waals surface area (Å²) in [6.07, 6.45) is 9.62. The lowest BCUT2D eigenvalue weighted by Gasteiger charge is -2.41. The predicted molar refractivity (Wildman–Crippen MR) is 188 cm³/mol. The molecule has 2 amide bonds. The lowest BCUT2D eigenvalue weighted by atomic mass is 9.94. The number of amides is 2. The first-order valence-electron chi connectivity index (χ1n) is 16.1. The van der Waals surface area contributed by atoms with Crippen molar-refractivity contribution in [2.75, 3.05) is 74.6 Å². The highest BCUT2D eigenvalue weighted by Crippen LogP contribution is 2.42. The van der Waals surface area contributed by atoms with Crippen LogP contribution in [0.15, 0.2) is 23.7 Å². The highest BCUT2D eigenvalue weighted by molar-refractivity contribution is 7.21. The number of thiazole rings is 1. The largest absolute Gasteiger partial charge is 0.383 e. The zero-order chi connectivity index (χ0) is 32.0. The predicted octanol–water partition coefficient (Wildman–Crippen LogP) is 6.26. The summed E-state index contributed by atoms with van der Waals surface area (Å²) < 4.78 is 5.01. The summed E-state index contributed by atoms with van der Waals surface area (Å²) in [5.41, 5.74) is 1.21. The monoisotopic (exact) mass is 705 g/mol. The summed E-state index contributed by atoms with van der Waals surface area (Å²) in [6.45, 7) is 6.24. The molecule has 2 N–H and O–H groups in total. The summed E-state index contributed by atoms with van der Waals surface area (Å²) in [5.74, 6) is 0.318. The van der Waals surface area contributed by atoms with Gasteiger partial charge in [-0.2, -0.15) is 0 Å². The molecule has 3 aromatic heterocycles. The van der Waals surface area contributed by atoms with E-state index in [1.165, 1.54) is 43.4 Å². The van der Waals surface area contributed by atoms with Crippen molar-refractivity contribution in [1.29, 1.82) is 0 Å². The van der Waals surface area contributed by atoms with E-state index in [2.05, 4.69) is 30.3 Å². The van der Waals surface area contributed by atoms with Gasteiger partial charge in [0.25, 0.3) is 5.91 Å². The number of halogens is 2. The van der Waals surface area contributed by atoms with Gasteiger partial charge in [0, 0.05) is 76.5 Å². The van der Waals surface area contributed by atoms with E-state index in [4.69, 9.17) is 32.9 Å². The topological polar surface area (TPSA) is 103 Å². The fraction of sp³-hybridized carbons (Fsp3) is 0.562. The Morgan fingerprint density at radius 3 is 2.43 bits per heavy atom. The molecule has 2 saturated heterocycles. The second-order valence-electron chi connectivity index (χ2n) is 12.1. The van der Waals surface area contributed by atoms with Crippen molar-refractivity contribution in [1.82, 2.24) is 20.2 Å². The van der Waals surface area contributed by atoms with E-state index >= 15 is 0 Å². The summed E-state index contributed by atoms with van der Waals surface area (Å²) in [7, 11) is 1.62. The van der Waals surface area contributed by atoms with Crippen LogP contribution >= 0.6 is 45.9 Å². The van der Waals surface area contributed by atoms with Gasteiger partial charge in [-0.1, -0.05) is 53.8 Å². The van der Waals surface area contributed by atoms with Crippen LogP contribution in [-0.2, 0) is 9.53 Å². The molecule has 0 spiro atoms. The van der Waals surface area contributed by atoms with Crippen LogP contribution in [0.3, 0.4) is 0 Å². The van der Waals surface area contributed by atoms with E-state index in [1.54, 1.807) is 30.7 Å². The van der Waals surface area contributed by atoms with Gasteiger partial charge in [-0.05, 0) is 37.8 Å². The number of ether oxygens (including phenoxy) is 1. The molecule has 3 fully saturated rings. The van der Waals surface area contributed by atoms with Crippen molar-refractivity contribution < 1.29 is 14.3 Å². The van der Waals surface area contributed by atoms with Crippen molar-refractivity contribution in [3.8, 4) is 10.6 Å². The van der Waals surface area contributed by atoms with Crippen molar-refractivity contribution >= 4 is 73.6 Å². The number of hydrogen-bond donors (Lipinski definition) is 2. The molecule has 2 aliphatic heterocycles. The third-order valence-corrected chi connectivity index (χ3v) is 11.8. The number of hydrogen-bond acceptors (Lipinski definition) is 10. The first-order valence-corrected chi connectivity index (χ1v) is 18.6. The molecule has 6 rings (SSSR count). The molecule has 0 aromatic carbocycles. The maximum atomic E-state index is 13.4. The van der Waals surface area contributed by atoms with E-state index in [1.807, 2.05) is 11.4 Å². The Balaban J connectivity index is 1.10. The van der Waals surface area contributed by atoms with Crippen LogP contribution in [0, 0.1) is 5.92 Å². The molecule has 1 aliphatic carbocycles. The standard InChI is InChI=1S/C32H41Cl2N7O3S2/c1-44-16-9-35-29(42)21-7-10-40(11-8-21)28-25(34)17-22(19-36-28)30(43)38-32-37-27(26-18-23(33)20-45-26)31(46-32)41-14-12-39(13-15-41)24-5-3-2-4-6-24/h17-21,24H,2-16H2,1H3,(H,35,42)(H,37,38,43). The highest BCUT2D eigenvalue weighted by Gasteiger charge is 2.29. The van der Waals surface area contributed by atoms with Gasteiger partial charge < -0.3 is 19.9 Å². The Hall–Kier alpha value is -2.48. The minimum atomic E-state index is -0.314. The second-order valence-corrected chi connectivity index (χ2v) is 14.9. The maximum Gasteiger partial charge on any atom is 0.259 e. The van der Waals surface area contributed by atoms with Gasteiger partial charge in [-0.25, -0.2) is 9.97 Å². The fourth-order valence-corrected chi connectivity index (χ4v) is 9.09. The number of rotatable bonds is 10. The van der Waals surface area contributed by atoms with Crippen molar-refractivity contribution in [2.45, 2.75) is 51.0 Å². The number of piperazine rings is 1. The summed E-state index contributed by atoms with van der Waals surface area (Å²) >= 11 is 16.0. The average molecular weight is 707 g/mol. The first-order chi connectivity index (χ1) is 22.4. The van der Waals surface area contributed by atoms with Crippen LogP contribution in [0.5, 0.6) is 0 Å². The third-order valence-electron chi connectivity index (χ3n) is 9.18. The minimum absolute atomic E-state index is 0.0454. The molecule has 0 unspecified atom stereocenters. The average Bonchev–Trinajstić information content (AvgIpc) is 3.71. The molecule has 3 aliphatic rings. The Labute approximate surface area is 288 Å². The van der Waals surface area contributed by atoms with Gasteiger partial charge in [0.05, 0.1) is 27.1 Å². The fourth-order valence-electron chi connectivity index (χ4n) is 6.64. The van der Waals surface area contributed by atoms with Crippen LogP contribution in [-0.4, -0.2) is 92.3 Å². The smallest absolute Gasteiger partial charge is 0.259 e. The number of nitrogens with one attached hydrogen (secondary N) is 2. The lowest BCUT2D eigenvalue weighted by Crippen LogP contribution is -2.50. The molecule has 0 atom stereocenters. The van der Waals surface area contributed by atoms with Crippen LogP contribution in [0.1, 0.15) is 55.3 Å². The number of piperidine rings is 1. The minimum Gasteiger partial charge on any atom is -0.383 e. The normalized spacial score (nSPS) is 18.6. The molecule has 5 heterocycles. The molecule has 0 radical (unpaired) electrons. The SMILES string of the molecule is COCCNC(=O)C1CCN(c2ncc(C(=O)Nc3nc(-c4cc(Cl)cs4)c(N4CCN(C5CCCCC5)CC4)s3)cc2Cl)CC1. The van der Waals surface area contributed by atoms with Gasteiger partial charge >= 0.3 is 0 Å². The Morgan fingerprint density at radius 1 is 1.00 bits per heavy atom. The summed E-state index contributed by atoms with van der Waals surface area (Å²) in [4.78, 5) is 43.4. The van der Waals surface area contributed by atoms with Crippen molar-refractivity contribution in [2.24, 2.45) is 5.92 Å². The highest BCUT2D eigenvalue weighted by atomic mass is 35.5. The van der Waals surface area contributed by atoms with Gasteiger partial charge in [0.1, 0.15) is 16.5 Å². The third kappa shape index (κ3) is 7.96. The number of thiophene rings is 1. The number of carbonyl (C=O) groups excluding carboxylic acids is 2. The van der Waals surface area contributed by atoms with Crippen LogP contribution in [0.2, 0.25) is 10.0 Å². The second kappa shape index (κ2) is 15.6. The van der Waals surface area contributed by atoms with Gasteiger partial charge in [-0.3, -0.25) is 19.8 Å². The molecule has 1 saturated carbocycles. The summed E-state index contributed by atoms with van der Waals surface area (Å²) in [5, 5.41) is 10.5. The molecular formula is C32H41Cl2N7O3S2. The van der Waals surface area contributed by atoms with Gasteiger partial charge in [-0.15, -0.1) is 11.3 Å². The molecule has 248 valence electrons. The Bertz CT molecular complexity index is 1500. The molecular weight excluding hydrogens is 665 g/mol. The number of aromatic nitrogens is 2. The van der Waals surface area contributed by atoms with E-state index in [9.17, 15) is 9.59 Å². The van der Waals surface area contributed by atoms with E-state index < -0.39 is 0 Å². The molecule has 14 heteroatoms. The molecule has 0 bridgehead atoms. The van der Waals surface area contributed by atoms with Crippen LogP contribution in [0.25, 0.3) is 10.6 Å². The maximum absolute atomic E-state index is 13.4. The van der Waals surface area contributed by atoms with E-state index in [0.29, 0.717) is 71.7 Å². The Kier molecular flexibility index (Phi) is 11.3. The Morgan fingerprint density at radius 2 is 1.76 bits per heavy atom. The van der Waals surface area contributed by atoms with Crippen molar-refractivity contribution in [3.63, 3.8) is 0 Å². The van der Waals surface area contributed by atoms with Crippen LogP contribution in [0.4, 0.5) is 16.0 Å². The van der Waals surface area contributed by atoms with Gasteiger partial charge in [0.15, 0.2) is 5.13 Å². The van der Waals surface area contributed by atoms with E-state index in [0.717, 1.165) is 41.8 Å². The van der Waals surface area contributed by atoms with E-state index in [-0.39, 0.29) is 17.7 Å². The summed E-state index contributed by atoms with van der Waals surface area (Å²) in [6, 6.07) is 4.30. The number of nitrogens with zero attached hydrogens (tertiary/aromatic N) is 5. The quantitative estimate of drug-likeness (QED) is 0.239. The van der Waals surface area contributed by atoms with Gasteiger partial charge in [0.2, 0.25) is 5.91 Å². The number of anilines is 3. The molecule has 3 aromatic rings. The number of carbonyl (C=O) groups is 2. The lowest BCUT2D eigenvalue weighted by molar-refractivity contribution is -0.125.